The molecule has 2 heterocycles. The Balaban J connectivity index is 1.89. The number of rotatable bonds is 3. The first kappa shape index (κ1) is 10.7. The first-order valence-electron chi connectivity index (χ1n) is 5.07. The van der Waals surface area contributed by atoms with E-state index in [9.17, 15) is 9.59 Å². The molecule has 0 aromatic carbocycles. The van der Waals surface area contributed by atoms with Gasteiger partial charge in [-0.1, -0.05) is 0 Å². The van der Waals surface area contributed by atoms with Gasteiger partial charge in [0.2, 0.25) is 11.8 Å². The molecule has 2 N–H and O–H groups in total. The minimum Gasteiger partial charge on any atom is -0.320 e. The molecule has 1 aromatic rings. The van der Waals surface area contributed by atoms with E-state index in [1.54, 1.807) is 10.9 Å². The van der Waals surface area contributed by atoms with Crippen LogP contribution in [0, 0.1) is 0 Å². The van der Waals surface area contributed by atoms with E-state index in [2.05, 4.69) is 20.8 Å². The zero-order chi connectivity index (χ0) is 11.5. The summed E-state index contributed by atoms with van der Waals surface area (Å²) in [5.74, 6) is 0.282. The molecule has 0 aliphatic carbocycles. The maximum atomic E-state index is 11.4. The van der Waals surface area contributed by atoms with Crippen LogP contribution in [0.15, 0.2) is 6.33 Å². The van der Waals surface area contributed by atoms with Crippen LogP contribution in [0.25, 0.3) is 0 Å². The fourth-order valence-corrected chi connectivity index (χ4v) is 1.57. The van der Waals surface area contributed by atoms with Gasteiger partial charge in [0.1, 0.15) is 12.2 Å². The molecule has 2 rings (SSSR count). The summed E-state index contributed by atoms with van der Waals surface area (Å²) < 4.78 is 1.78. The quantitative estimate of drug-likeness (QED) is 0.622. The Hall–Kier alpha value is -1.76. The number of hydrogen-bond acceptors (Lipinski definition) is 5. The van der Waals surface area contributed by atoms with Gasteiger partial charge in [-0.05, 0) is 6.42 Å². The number of hydrogen-bond donors (Lipinski definition) is 2. The molecule has 0 spiro atoms. The van der Waals surface area contributed by atoms with Crippen molar-refractivity contribution in [2.24, 2.45) is 7.05 Å². The van der Waals surface area contributed by atoms with Crippen LogP contribution in [-0.4, -0.2) is 32.6 Å². The monoisotopic (exact) mass is 223 g/mol. The summed E-state index contributed by atoms with van der Waals surface area (Å²) in [4.78, 5) is 22.3. The Labute approximate surface area is 92.2 Å². The van der Waals surface area contributed by atoms with E-state index >= 15 is 0 Å². The number of nitrogens with zero attached hydrogens (tertiary/aromatic N) is 3. The molecule has 0 saturated carbocycles. The standard InChI is InChI=1S/C9H13N5O2/c1-14-5-11-13-7(14)4-10-6-2-3-8(15)12-9(6)16/h5-6,10H,2-4H2,1H3,(H,12,15,16). The normalized spacial score (nSPS) is 20.9. The molecule has 1 fully saturated rings. The van der Waals surface area contributed by atoms with Crippen LogP contribution in [0.4, 0.5) is 0 Å². The van der Waals surface area contributed by atoms with E-state index in [0.717, 1.165) is 5.82 Å². The zero-order valence-corrected chi connectivity index (χ0v) is 8.93. The summed E-state index contributed by atoms with van der Waals surface area (Å²) in [5, 5.41) is 13.0. The Morgan fingerprint density at radius 3 is 3.06 bits per heavy atom. The lowest BCUT2D eigenvalue weighted by molar-refractivity contribution is -0.134. The molecule has 2 amide bonds. The lowest BCUT2D eigenvalue weighted by atomic mass is 10.1. The highest BCUT2D eigenvalue weighted by molar-refractivity contribution is 6.00. The van der Waals surface area contributed by atoms with Crippen molar-refractivity contribution in [3.8, 4) is 0 Å². The van der Waals surface area contributed by atoms with E-state index in [0.29, 0.717) is 19.4 Å². The van der Waals surface area contributed by atoms with Crippen LogP contribution in [0.5, 0.6) is 0 Å². The molecule has 86 valence electrons. The van der Waals surface area contributed by atoms with Gasteiger partial charge in [0, 0.05) is 13.5 Å². The van der Waals surface area contributed by atoms with Crippen molar-refractivity contribution in [3.63, 3.8) is 0 Å². The minimum absolute atomic E-state index is 0.207. The fourth-order valence-electron chi connectivity index (χ4n) is 1.57. The summed E-state index contributed by atoms with van der Waals surface area (Å²) in [6.07, 6.45) is 2.51. The molecular formula is C9H13N5O2. The summed E-state index contributed by atoms with van der Waals surface area (Å²) >= 11 is 0. The van der Waals surface area contributed by atoms with Gasteiger partial charge in [-0.3, -0.25) is 20.2 Å². The fraction of sp³-hybridized carbons (Fsp3) is 0.556. The summed E-state index contributed by atoms with van der Waals surface area (Å²) in [7, 11) is 1.83. The predicted molar refractivity (Wildman–Crippen MR) is 54.0 cm³/mol. The van der Waals surface area contributed by atoms with E-state index in [4.69, 9.17) is 0 Å². The summed E-state index contributed by atoms with van der Waals surface area (Å²) in [6.45, 7) is 0.461. The second-order valence-electron chi connectivity index (χ2n) is 3.74. The molecule has 16 heavy (non-hydrogen) atoms. The third kappa shape index (κ3) is 2.25. The number of carbonyl (C=O) groups is 2. The SMILES string of the molecule is Cn1cnnc1CNC1CCC(=O)NC1=O. The number of imide groups is 1. The van der Waals surface area contributed by atoms with Gasteiger partial charge in [-0.15, -0.1) is 10.2 Å². The van der Waals surface area contributed by atoms with Crippen LogP contribution in [-0.2, 0) is 23.2 Å². The number of piperidine rings is 1. The van der Waals surface area contributed by atoms with E-state index in [1.807, 2.05) is 7.05 Å². The zero-order valence-electron chi connectivity index (χ0n) is 8.93. The maximum Gasteiger partial charge on any atom is 0.243 e. The molecular weight excluding hydrogens is 210 g/mol. The first-order chi connectivity index (χ1) is 7.66. The Morgan fingerprint density at radius 2 is 2.44 bits per heavy atom. The molecule has 1 atom stereocenters. The third-order valence-corrected chi connectivity index (χ3v) is 2.55. The highest BCUT2D eigenvalue weighted by Gasteiger charge is 2.26. The smallest absolute Gasteiger partial charge is 0.243 e. The van der Waals surface area contributed by atoms with Gasteiger partial charge >= 0.3 is 0 Å². The molecule has 7 nitrogen and oxygen atoms in total. The van der Waals surface area contributed by atoms with E-state index < -0.39 is 0 Å². The summed E-state index contributed by atoms with van der Waals surface area (Å²) in [5.41, 5.74) is 0. The van der Waals surface area contributed by atoms with Crippen molar-refractivity contribution < 1.29 is 9.59 Å². The number of aromatic nitrogens is 3. The van der Waals surface area contributed by atoms with Crippen molar-refractivity contribution in [2.45, 2.75) is 25.4 Å². The Morgan fingerprint density at radius 1 is 1.62 bits per heavy atom. The highest BCUT2D eigenvalue weighted by atomic mass is 16.2. The second kappa shape index (κ2) is 4.40. The van der Waals surface area contributed by atoms with Gasteiger partial charge in [0.15, 0.2) is 0 Å². The van der Waals surface area contributed by atoms with Crippen LogP contribution >= 0.6 is 0 Å². The van der Waals surface area contributed by atoms with Crippen LogP contribution in [0.2, 0.25) is 0 Å². The molecule has 1 aliphatic heterocycles. The lowest BCUT2D eigenvalue weighted by Crippen LogP contribution is -2.50. The van der Waals surface area contributed by atoms with Crippen molar-refractivity contribution in [2.75, 3.05) is 0 Å². The number of amides is 2. The molecule has 1 aliphatic rings. The van der Waals surface area contributed by atoms with Gasteiger partial charge < -0.3 is 4.57 Å². The van der Waals surface area contributed by atoms with E-state index in [-0.39, 0.29) is 17.9 Å². The maximum absolute atomic E-state index is 11.4. The number of nitrogens with one attached hydrogen (secondary N) is 2. The van der Waals surface area contributed by atoms with Crippen molar-refractivity contribution in [1.82, 2.24) is 25.4 Å². The molecule has 7 heteroatoms. The van der Waals surface area contributed by atoms with Gasteiger partial charge in [0.05, 0.1) is 12.6 Å². The molecule has 1 aromatic heterocycles. The van der Waals surface area contributed by atoms with Crippen LogP contribution in [0.3, 0.4) is 0 Å². The van der Waals surface area contributed by atoms with Crippen molar-refractivity contribution >= 4 is 11.8 Å². The lowest BCUT2D eigenvalue weighted by Gasteiger charge is -2.21. The molecule has 0 bridgehead atoms. The van der Waals surface area contributed by atoms with Crippen molar-refractivity contribution in [3.05, 3.63) is 12.2 Å². The van der Waals surface area contributed by atoms with E-state index in [1.165, 1.54) is 0 Å². The van der Waals surface area contributed by atoms with Gasteiger partial charge in [-0.25, -0.2) is 0 Å². The average Bonchev–Trinajstić information content (AvgIpc) is 2.63. The third-order valence-electron chi connectivity index (χ3n) is 2.55. The number of aryl methyl sites for hydroxylation is 1. The predicted octanol–water partition coefficient (Wildman–Crippen LogP) is -1.29. The highest BCUT2D eigenvalue weighted by Crippen LogP contribution is 2.05. The summed E-state index contributed by atoms with van der Waals surface area (Å²) in [6, 6.07) is -0.325. The average molecular weight is 223 g/mol. The Kier molecular flexibility index (Phi) is 2.95. The van der Waals surface area contributed by atoms with Crippen LogP contribution < -0.4 is 10.6 Å². The van der Waals surface area contributed by atoms with Gasteiger partial charge in [0.25, 0.3) is 0 Å². The molecule has 1 unspecified atom stereocenters. The number of carbonyl (C=O) groups excluding carboxylic acids is 2. The first-order valence-corrected chi connectivity index (χ1v) is 5.07. The van der Waals surface area contributed by atoms with Crippen molar-refractivity contribution in [1.29, 1.82) is 0 Å². The second-order valence-corrected chi connectivity index (χ2v) is 3.74. The Bertz CT molecular complexity index is 414. The molecule has 1 saturated heterocycles. The molecule has 0 radical (unpaired) electrons. The topological polar surface area (TPSA) is 88.9 Å². The van der Waals surface area contributed by atoms with Gasteiger partial charge in [-0.2, -0.15) is 0 Å². The van der Waals surface area contributed by atoms with Crippen LogP contribution in [0.1, 0.15) is 18.7 Å². The largest absolute Gasteiger partial charge is 0.320 e. The minimum atomic E-state index is -0.325.